The number of ketones is 1. The molecule has 5 nitrogen and oxygen atoms in total. The van der Waals surface area contributed by atoms with Crippen molar-refractivity contribution in [1.29, 1.82) is 0 Å². The molecule has 2 aromatic carbocycles. The predicted molar refractivity (Wildman–Crippen MR) is 80.6 cm³/mol. The SMILES string of the molecule is COc1cccc2c1Oc1c(ccc(OC)c1OC)CC2=O. The van der Waals surface area contributed by atoms with Crippen LogP contribution in [0.2, 0.25) is 0 Å². The van der Waals surface area contributed by atoms with E-state index in [4.69, 9.17) is 18.9 Å². The molecular formula is C17H16O5. The first-order chi connectivity index (χ1) is 10.7. The quantitative estimate of drug-likeness (QED) is 0.871. The van der Waals surface area contributed by atoms with E-state index in [9.17, 15) is 4.79 Å². The third-order valence-electron chi connectivity index (χ3n) is 3.64. The average Bonchev–Trinajstić information content (AvgIpc) is 2.69. The topological polar surface area (TPSA) is 54.0 Å². The molecule has 0 radical (unpaired) electrons. The number of fused-ring (bicyclic) bond motifs is 2. The van der Waals surface area contributed by atoms with Crippen LogP contribution in [0.1, 0.15) is 15.9 Å². The van der Waals surface area contributed by atoms with Crippen LogP contribution in [-0.2, 0) is 6.42 Å². The van der Waals surface area contributed by atoms with Crippen LogP contribution in [0, 0.1) is 0 Å². The average molecular weight is 300 g/mol. The number of hydrogen-bond acceptors (Lipinski definition) is 5. The summed E-state index contributed by atoms with van der Waals surface area (Å²) in [7, 11) is 4.63. The van der Waals surface area contributed by atoms with Gasteiger partial charge in [-0.25, -0.2) is 0 Å². The number of para-hydroxylation sites is 1. The maximum absolute atomic E-state index is 12.5. The molecule has 2 aromatic rings. The fourth-order valence-electron chi connectivity index (χ4n) is 2.56. The monoisotopic (exact) mass is 300 g/mol. The molecule has 0 aliphatic carbocycles. The lowest BCUT2D eigenvalue weighted by molar-refractivity contribution is 0.0993. The van der Waals surface area contributed by atoms with Gasteiger partial charge in [-0.05, 0) is 18.2 Å². The number of ether oxygens (including phenoxy) is 4. The van der Waals surface area contributed by atoms with Gasteiger partial charge in [0, 0.05) is 12.0 Å². The lowest BCUT2D eigenvalue weighted by Crippen LogP contribution is -2.02. The molecule has 0 saturated heterocycles. The van der Waals surface area contributed by atoms with Crippen LogP contribution in [0.5, 0.6) is 28.7 Å². The van der Waals surface area contributed by atoms with Gasteiger partial charge in [0.2, 0.25) is 5.75 Å². The molecule has 0 amide bonds. The number of Topliss-reactive ketones (excluding diaryl/α,β-unsaturated/α-hetero) is 1. The number of benzene rings is 2. The normalized spacial score (nSPS) is 12.6. The zero-order valence-corrected chi connectivity index (χ0v) is 12.6. The lowest BCUT2D eigenvalue weighted by atomic mass is 10.0. The summed E-state index contributed by atoms with van der Waals surface area (Å²) >= 11 is 0. The van der Waals surface area contributed by atoms with E-state index in [-0.39, 0.29) is 12.2 Å². The zero-order valence-electron chi connectivity index (χ0n) is 12.6. The standard InChI is InChI=1S/C17H16O5/c1-19-13-6-4-5-11-12(18)9-10-7-8-14(20-2)17(21-3)15(10)22-16(11)13/h4-8H,9H2,1-3H3. The van der Waals surface area contributed by atoms with Crippen molar-refractivity contribution in [1.82, 2.24) is 0 Å². The highest BCUT2D eigenvalue weighted by Gasteiger charge is 2.27. The molecule has 0 saturated carbocycles. The van der Waals surface area contributed by atoms with Crippen LogP contribution in [0.4, 0.5) is 0 Å². The first kappa shape index (κ1) is 14.3. The van der Waals surface area contributed by atoms with Gasteiger partial charge in [0.1, 0.15) is 0 Å². The van der Waals surface area contributed by atoms with Gasteiger partial charge in [0.15, 0.2) is 28.8 Å². The third-order valence-corrected chi connectivity index (χ3v) is 3.64. The second-order valence-corrected chi connectivity index (χ2v) is 4.83. The Bertz CT molecular complexity index is 736. The molecule has 1 aliphatic rings. The summed E-state index contributed by atoms with van der Waals surface area (Å²) in [6.07, 6.45) is 0.232. The van der Waals surface area contributed by atoms with E-state index in [0.717, 1.165) is 5.56 Å². The van der Waals surface area contributed by atoms with Crippen molar-refractivity contribution in [3.8, 4) is 28.7 Å². The minimum atomic E-state index is -0.0279. The van der Waals surface area contributed by atoms with E-state index in [1.54, 1.807) is 31.4 Å². The van der Waals surface area contributed by atoms with Crippen LogP contribution in [0.15, 0.2) is 30.3 Å². The van der Waals surface area contributed by atoms with Gasteiger partial charge >= 0.3 is 0 Å². The summed E-state index contributed by atoms with van der Waals surface area (Å²) in [5.74, 6) is 2.38. The van der Waals surface area contributed by atoms with Crippen LogP contribution in [0.3, 0.4) is 0 Å². The fraction of sp³-hybridized carbons (Fsp3) is 0.235. The Kier molecular flexibility index (Phi) is 3.63. The van der Waals surface area contributed by atoms with Crippen molar-refractivity contribution in [2.24, 2.45) is 0 Å². The van der Waals surface area contributed by atoms with Gasteiger partial charge in [-0.15, -0.1) is 0 Å². The van der Waals surface area contributed by atoms with Gasteiger partial charge in [-0.1, -0.05) is 12.1 Å². The van der Waals surface area contributed by atoms with Crippen molar-refractivity contribution < 1.29 is 23.7 Å². The molecule has 1 aliphatic heterocycles. The largest absolute Gasteiger partial charge is 0.493 e. The first-order valence-corrected chi connectivity index (χ1v) is 6.81. The first-order valence-electron chi connectivity index (χ1n) is 6.81. The van der Waals surface area contributed by atoms with Gasteiger partial charge in [0.05, 0.1) is 26.9 Å². The van der Waals surface area contributed by atoms with E-state index < -0.39 is 0 Å². The highest BCUT2D eigenvalue weighted by molar-refractivity contribution is 6.02. The molecule has 0 bridgehead atoms. The minimum Gasteiger partial charge on any atom is -0.493 e. The summed E-state index contributed by atoms with van der Waals surface area (Å²) in [4.78, 5) is 12.5. The van der Waals surface area contributed by atoms with Crippen molar-refractivity contribution >= 4 is 5.78 Å². The summed E-state index contributed by atoms with van der Waals surface area (Å²) in [5, 5.41) is 0. The van der Waals surface area contributed by atoms with E-state index in [1.807, 2.05) is 6.07 Å². The third kappa shape index (κ3) is 2.15. The Morgan fingerprint density at radius 2 is 1.68 bits per heavy atom. The maximum atomic E-state index is 12.5. The Hall–Kier alpha value is -2.69. The molecule has 1 heterocycles. The van der Waals surface area contributed by atoms with Gasteiger partial charge < -0.3 is 18.9 Å². The van der Waals surface area contributed by atoms with E-state index >= 15 is 0 Å². The summed E-state index contributed by atoms with van der Waals surface area (Å²) in [5.41, 5.74) is 1.25. The number of methoxy groups -OCH3 is 3. The van der Waals surface area contributed by atoms with Gasteiger partial charge in [-0.2, -0.15) is 0 Å². The Morgan fingerprint density at radius 3 is 2.36 bits per heavy atom. The van der Waals surface area contributed by atoms with Gasteiger partial charge in [-0.3, -0.25) is 4.79 Å². The fourth-order valence-corrected chi connectivity index (χ4v) is 2.56. The van der Waals surface area contributed by atoms with Crippen molar-refractivity contribution in [3.05, 3.63) is 41.5 Å². The summed E-state index contributed by atoms with van der Waals surface area (Å²) < 4.78 is 22.0. The molecule has 3 rings (SSSR count). The van der Waals surface area contributed by atoms with Crippen LogP contribution in [-0.4, -0.2) is 27.1 Å². The van der Waals surface area contributed by atoms with E-state index in [0.29, 0.717) is 34.3 Å². The second kappa shape index (κ2) is 5.60. The molecule has 0 atom stereocenters. The molecule has 0 spiro atoms. The van der Waals surface area contributed by atoms with Gasteiger partial charge in [0.25, 0.3) is 0 Å². The molecule has 22 heavy (non-hydrogen) atoms. The number of hydrogen-bond donors (Lipinski definition) is 0. The van der Waals surface area contributed by atoms with E-state index in [1.165, 1.54) is 14.2 Å². The van der Waals surface area contributed by atoms with Crippen molar-refractivity contribution in [2.75, 3.05) is 21.3 Å². The number of carbonyl (C=O) groups is 1. The molecule has 0 aromatic heterocycles. The Labute approximate surface area is 128 Å². The molecular weight excluding hydrogens is 284 g/mol. The van der Waals surface area contributed by atoms with Crippen molar-refractivity contribution in [2.45, 2.75) is 6.42 Å². The van der Waals surface area contributed by atoms with Crippen LogP contribution in [0.25, 0.3) is 0 Å². The smallest absolute Gasteiger partial charge is 0.204 e. The maximum Gasteiger partial charge on any atom is 0.204 e. The summed E-state index contributed by atoms with van der Waals surface area (Å²) in [6, 6.07) is 8.83. The molecule has 0 fully saturated rings. The Balaban J connectivity index is 2.24. The highest BCUT2D eigenvalue weighted by Crippen LogP contribution is 2.47. The molecule has 5 heteroatoms. The molecule has 0 unspecified atom stereocenters. The predicted octanol–water partition coefficient (Wildman–Crippen LogP) is 3.24. The summed E-state index contributed by atoms with van der Waals surface area (Å²) in [6.45, 7) is 0. The zero-order chi connectivity index (χ0) is 15.7. The second-order valence-electron chi connectivity index (χ2n) is 4.83. The van der Waals surface area contributed by atoms with Crippen LogP contribution >= 0.6 is 0 Å². The minimum absolute atomic E-state index is 0.0279. The van der Waals surface area contributed by atoms with Crippen LogP contribution < -0.4 is 18.9 Å². The number of rotatable bonds is 3. The van der Waals surface area contributed by atoms with Crippen molar-refractivity contribution in [3.63, 3.8) is 0 Å². The molecule has 114 valence electrons. The van der Waals surface area contributed by atoms with E-state index in [2.05, 4.69) is 0 Å². The lowest BCUT2D eigenvalue weighted by Gasteiger charge is -2.16. The number of carbonyl (C=O) groups excluding carboxylic acids is 1. The highest BCUT2D eigenvalue weighted by atomic mass is 16.5. The molecule has 0 N–H and O–H groups in total. The Morgan fingerprint density at radius 1 is 0.909 bits per heavy atom.